The zero-order valence-electron chi connectivity index (χ0n) is 15.6. The van der Waals surface area contributed by atoms with Gasteiger partial charge in [-0.05, 0) is 43.2 Å². The molecule has 0 saturated carbocycles. The largest absolute Gasteiger partial charge is 0.481 e. The number of rotatable bonds is 4. The summed E-state index contributed by atoms with van der Waals surface area (Å²) in [6.07, 6.45) is 2.28. The number of carbonyl (C=O) groups excluding carboxylic acids is 1. The summed E-state index contributed by atoms with van der Waals surface area (Å²) < 4.78 is 2.02. The highest BCUT2D eigenvalue weighted by Crippen LogP contribution is 2.30. The SMILES string of the molecule is CC1(C(=O)O)CCN(C(=O)NCc2ccc(-n3cnc4ccccc43)cc2)C1. The van der Waals surface area contributed by atoms with Crippen molar-refractivity contribution in [3.63, 3.8) is 0 Å². The van der Waals surface area contributed by atoms with Crippen LogP contribution in [0.1, 0.15) is 18.9 Å². The molecule has 1 atom stereocenters. The van der Waals surface area contributed by atoms with Crippen molar-refractivity contribution in [3.05, 3.63) is 60.4 Å². The van der Waals surface area contributed by atoms with E-state index >= 15 is 0 Å². The van der Waals surface area contributed by atoms with Crippen LogP contribution < -0.4 is 5.32 Å². The molecule has 1 aromatic heterocycles. The van der Waals surface area contributed by atoms with Gasteiger partial charge in [0.2, 0.25) is 0 Å². The van der Waals surface area contributed by atoms with Gasteiger partial charge in [0.25, 0.3) is 0 Å². The smallest absolute Gasteiger partial charge is 0.317 e. The van der Waals surface area contributed by atoms with Crippen molar-refractivity contribution in [3.8, 4) is 5.69 Å². The Hall–Kier alpha value is -3.35. The lowest BCUT2D eigenvalue weighted by Crippen LogP contribution is -2.40. The lowest BCUT2D eigenvalue weighted by Gasteiger charge is -2.20. The van der Waals surface area contributed by atoms with E-state index in [2.05, 4.69) is 10.3 Å². The molecule has 2 amide bonds. The van der Waals surface area contributed by atoms with E-state index in [-0.39, 0.29) is 12.6 Å². The number of hydrogen-bond donors (Lipinski definition) is 2. The Bertz CT molecular complexity index is 1030. The minimum atomic E-state index is -0.856. The zero-order valence-corrected chi connectivity index (χ0v) is 15.6. The van der Waals surface area contributed by atoms with Crippen molar-refractivity contribution in [2.45, 2.75) is 19.9 Å². The Morgan fingerprint density at radius 2 is 1.93 bits per heavy atom. The van der Waals surface area contributed by atoms with Crippen molar-refractivity contribution in [2.24, 2.45) is 5.41 Å². The molecule has 144 valence electrons. The Morgan fingerprint density at radius 1 is 1.18 bits per heavy atom. The number of urea groups is 1. The van der Waals surface area contributed by atoms with Gasteiger partial charge >= 0.3 is 12.0 Å². The van der Waals surface area contributed by atoms with Crippen LogP contribution in [-0.4, -0.2) is 44.6 Å². The zero-order chi connectivity index (χ0) is 19.7. The first-order valence-electron chi connectivity index (χ1n) is 9.24. The first-order valence-corrected chi connectivity index (χ1v) is 9.24. The first-order chi connectivity index (χ1) is 13.5. The summed E-state index contributed by atoms with van der Waals surface area (Å²) >= 11 is 0. The molecule has 7 heteroatoms. The van der Waals surface area contributed by atoms with Gasteiger partial charge in [-0.3, -0.25) is 9.36 Å². The molecule has 7 nitrogen and oxygen atoms in total. The molecule has 0 radical (unpaired) electrons. The third-order valence-corrected chi connectivity index (χ3v) is 5.39. The van der Waals surface area contributed by atoms with Crippen molar-refractivity contribution in [1.29, 1.82) is 0 Å². The summed E-state index contributed by atoms with van der Waals surface area (Å²) in [5.74, 6) is -0.856. The van der Waals surface area contributed by atoms with Crippen LogP contribution in [-0.2, 0) is 11.3 Å². The van der Waals surface area contributed by atoms with E-state index < -0.39 is 11.4 Å². The first kappa shape index (κ1) is 18.0. The number of aromatic nitrogens is 2. The molecule has 1 fully saturated rings. The highest BCUT2D eigenvalue weighted by Gasteiger charge is 2.42. The molecule has 2 heterocycles. The Kier molecular flexibility index (Phi) is 4.50. The summed E-state index contributed by atoms with van der Waals surface area (Å²) in [5, 5.41) is 12.2. The van der Waals surface area contributed by atoms with Crippen molar-refractivity contribution in [2.75, 3.05) is 13.1 Å². The molecule has 1 aliphatic heterocycles. The van der Waals surface area contributed by atoms with Gasteiger partial charge in [0.15, 0.2) is 0 Å². The van der Waals surface area contributed by atoms with Crippen LogP contribution in [0.3, 0.4) is 0 Å². The quantitative estimate of drug-likeness (QED) is 0.730. The fourth-order valence-electron chi connectivity index (χ4n) is 3.54. The molecule has 0 spiro atoms. The second kappa shape index (κ2) is 6.99. The van der Waals surface area contributed by atoms with Gasteiger partial charge in [0, 0.05) is 25.3 Å². The van der Waals surface area contributed by atoms with Gasteiger partial charge in [-0.1, -0.05) is 24.3 Å². The lowest BCUT2D eigenvalue weighted by atomic mass is 9.90. The molecule has 3 aromatic rings. The van der Waals surface area contributed by atoms with Crippen LogP contribution in [0.2, 0.25) is 0 Å². The fourth-order valence-corrected chi connectivity index (χ4v) is 3.54. The Labute approximate surface area is 162 Å². The Balaban J connectivity index is 1.39. The topological polar surface area (TPSA) is 87.5 Å². The second-order valence-electron chi connectivity index (χ2n) is 7.47. The van der Waals surface area contributed by atoms with E-state index in [0.29, 0.717) is 19.5 Å². The Morgan fingerprint density at radius 3 is 2.64 bits per heavy atom. The number of carbonyl (C=O) groups is 2. The number of nitrogens with zero attached hydrogens (tertiary/aromatic N) is 3. The number of imidazole rings is 1. The molecular formula is C21H22N4O3. The maximum atomic E-state index is 12.3. The van der Waals surface area contributed by atoms with Crippen LogP contribution in [0, 0.1) is 5.41 Å². The molecule has 2 aromatic carbocycles. The summed E-state index contributed by atoms with van der Waals surface area (Å²) in [5.41, 5.74) is 3.10. The number of fused-ring (bicyclic) bond motifs is 1. The monoisotopic (exact) mass is 378 g/mol. The third-order valence-electron chi connectivity index (χ3n) is 5.39. The normalized spacial score (nSPS) is 19.1. The average Bonchev–Trinajstić information content (AvgIpc) is 3.31. The van der Waals surface area contributed by atoms with Gasteiger partial charge in [-0.25, -0.2) is 9.78 Å². The highest BCUT2D eigenvalue weighted by atomic mass is 16.4. The van der Waals surface area contributed by atoms with Crippen molar-refractivity contribution < 1.29 is 14.7 Å². The molecule has 1 aliphatic rings. The standard InChI is InChI=1S/C21H22N4O3/c1-21(19(26)27)10-11-24(13-21)20(28)22-12-15-6-8-16(9-7-15)25-14-23-17-4-2-3-5-18(17)25/h2-9,14H,10-13H2,1H3,(H,22,28)(H,26,27). The molecule has 4 rings (SSSR count). The number of amides is 2. The van der Waals surface area contributed by atoms with E-state index in [0.717, 1.165) is 22.3 Å². The number of likely N-dealkylation sites (tertiary alicyclic amines) is 1. The van der Waals surface area contributed by atoms with E-state index in [9.17, 15) is 14.7 Å². The van der Waals surface area contributed by atoms with E-state index in [1.165, 1.54) is 0 Å². The second-order valence-corrected chi connectivity index (χ2v) is 7.47. The summed E-state index contributed by atoms with van der Waals surface area (Å²) in [7, 11) is 0. The molecule has 2 N–H and O–H groups in total. The van der Waals surface area contributed by atoms with Crippen LogP contribution in [0.4, 0.5) is 4.79 Å². The van der Waals surface area contributed by atoms with Gasteiger partial charge < -0.3 is 15.3 Å². The molecule has 1 saturated heterocycles. The molecule has 28 heavy (non-hydrogen) atoms. The number of carboxylic acids is 1. The van der Waals surface area contributed by atoms with Gasteiger partial charge in [-0.2, -0.15) is 0 Å². The minimum absolute atomic E-state index is 0.227. The number of carboxylic acid groups (broad SMARTS) is 1. The predicted octanol–water partition coefficient (Wildman–Crippen LogP) is 3.03. The number of aliphatic carboxylic acids is 1. The van der Waals surface area contributed by atoms with E-state index in [4.69, 9.17) is 0 Å². The molecular weight excluding hydrogens is 356 g/mol. The van der Waals surface area contributed by atoms with Crippen LogP contribution in [0.5, 0.6) is 0 Å². The maximum Gasteiger partial charge on any atom is 0.317 e. The van der Waals surface area contributed by atoms with Crippen LogP contribution >= 0.6 is 0 Å². The summed E-state index contributed by atoms with van der Waals surface area (Å²) in [4.78, 5) is 29.6. The fraction of sp³-hybridized carbons (Fsp3) is 0.286. The number of para-hydroxylation sites is 2. The maximum absolute atomic E-state index is 12.3. The number of hydrogen-bond acceptors (Lipinski definition) is 3. The molecule has 0 bridgehead atoms. The van der Waals surface area contributed by atoms with Crippen molar-refractivity contribution >= 4 is 23.0 Å². The van der Waals surface area contributed by atoms with E-state index in [1.54, 1.807) is 18.2 Å². The van der Waals surface area contributed by atoms with Crippen LogP contribution in [0.15, 0.2) is 54.9 Å². The van der Waals surface area contributed by atoms with Gasteiger partial charge in [0.1, 0.15) is 6.33 Å². The predicted molar refractivity (Wildman–Crippen MR) is 105 cm³/mol. The number of benzene rings is 2. The van der Waals surface area contributed by atoms with E-state index in [1.807, 2.05) is 53.1 Å². The average molecular weight is 378 g/mol. The van der Waals surface area contributed by atoms with Crippen LogP contribution in [0.25, 0.3) is 16.7 Å². The minimum Gasteiger partial charge on any atom is -0.481 e. The van der Waals surface area contributed by atoms with Crippen molar-refractivity contribution in [1.82, 2.24) is 19.8 Å². The van der Waals surface area contributed by atoms with Gasteiger partial charge in [-0.15, -0.1) is 0 Å². The number of nitrogens with one attached hydrogen (secondary N) is 1. The molecule has 0 aliphatic carbocycles. The lowest BCUT2D eigenvalue weighted by molar-refractivity contribution is -0.147. The highest BCUT2D eigenvalue weighted by molar-refractivity contribution is 5.79. The summed E-state index contributed by atoms with van der Waals surface area (Å²) in [6, 6.07) is 15.6. The molecule has 1 unspecified atom stereocenters. The third kappa shape index (κ3) is 3.31. The summed E-state index contributed by atoms with van der Waals surface area (Å²) in [6.45, 7) is 2.77. The van der Waals surface area contributed by atoms with Gasteiger partial charge in [0.05, 0.1) is 16.4 Å².